The quantitative estimate of drug-likeness (QED) is 0.571. The van der Waals surface area contributed by atoms with Crippen molar-refractivity contribution in [2.75, 3.05) is 25.6 Å². The Hall–Kier alpha value is -0.260. The van der Waals surface area contributed by atoms with Crippen LogP contribution in [0.15, 0.2) is 0 Å². The Morgan fingerprint density at radius 1 is 1.54 bits per heavy atom. The van der Waals surface area contributed by atoms with Gasteiger partial charge in [-0.15, -0.1) is 11.8 Å². The molecule has 1 atom stereocenters. The number of rotatable bonds is 8. The molecule has 0 heterocycles. The van der Waals surface area contributed by atoms with Crippen LogP contribution in [0.2, 0.25) is 0 Å². The third-order valence-corrected chi connectivity index (χ3v) is 2.77. The third-order valence-electron chi connectivity index (χ3n) is 1.43. The Morgan fingerprint density at radius 2 is 2.23 bits per heavy atom. The van der Waals surface area contributed by atoms with Gasteiger partial charge in [0.25, 0.3) is 0 Å². The van der Waals surface area contributed by atoms with E-state index in [9.17, 15) is 4.79 Å². The summed E-state index contributed by atoms with van der Waals surface area (Å²) in [5, 5.41) is 16.7. The topological polar surface area (TPSA) is 66.8 Å². The molecule has 0 fully saturated rings. The van der Waals surface area contributed by atoms with E-state index >= 15 is 0 Å². The molecule has 78 valence electrons. The van der Waals surface area contributed by atoms with Crippen molar-refractivity contribution in [1.82, 2.24) is 0 Å². The average molecular weight is 208 g/mol. The normalized spacial score (nSPS) is 12.8. The van der Waals surface area contributed by atoms with Gasteiger partial charge < -0.3 is 14.9 Å². The summed E-state index contributed by atoms with van der Waals surface area (Å²) in [6, 6.07) is 0. The van der Waals surface area contributed by atoms with Gasteiger partial charge in [-0.2, -0.15) is 0 Å². The number of aliphatic carboxylic acids is 1. The first-order valence-electron chi connectivity index (χ1n) is 4.25. The number of hydrogen-bond donors (Lipinski definition) is 2. The summed E-state index contributed by atoms with van der Waals surface area (Å²) in [5.41, 5.74) is 0. The van der Waals surface area contributed by atoms with Crippen molar-refractivity contribution < 1.29 is 19.7 Å². The van der Waals surface area contributed by atoms with E-state index in [1.807, 2.05) is 6.92 Å². The Morgan fingerprint density at radius 3 is 2.69 bits per heavy atom. The molecule has 0 aromatic carbocycles. The molecule has 0 rings (SSSR count). The maximum absolute atomic E-state index is 10.5. The maximum atomic E-state index is 10.5. The van der Waals surface area contributed by atoms with Crippen LogP contribution in [0.1, 0.15) is 13.3 Å². The van der Waals surface area contributed by atoms with Crippen LogP contribution in [0.3, 0.4) is 0 Å². The van der Waals surface area contributed by atoms with Crippen LogP contribution in [-0.2, 0) is 9.53 Å². The Kier molecular flexibility index (Phi) is 8.18. The fourth-order valence-corrected chi connectivity index (χ4v) is 1.66. The highest BCUT2D eigenvalue weighted by Crippen LogP contribution is 2.13. The molecule has 5 heteroatoms. The molecule has 0 radical (unpaired) electrons. The van der Waals surface area contributed by atoms with Crippen LogP contribution >= 0.6 is 11.8 Å². The Labute approximate surface area is 82.3 Å². The summed E-state index contributed by atoms with van der Waals surface area (Å²) in [6.07, 6.45) is 0.625. The van der Waals surface area contributed by atoms with Gasteiger partial charge in [-0.1, -0.05) is 6.92 Å². The van der Waals surface area contributed by atoms with Gasteiger partial charge in [0.2, 0.25) is 0 Å². The van der Waals surface area contributed by atoms with Crippen molar-refractivity contribution in [3.05, 3.63) is 0 Å². The fraction of sp³-hybridized carbons (Fsp3) is 0.875. The van der Waals surface area contributed by atoms with Crippen molar-refractivity contribution in [2.45, 2.75) is 18.6 Å². The molecule has 13 heavy (non-hydrogen) atoms. The van der Waals surface area contributed by atoms with Crippen LogP contribution < -0.4 is 0 Å². The number of carboxylic acids is 1. The second-order valence-electron chi connectivity index (χ2n) is 2.44. The smallest absolute Gasteiger partial charge is 0.316 e. The Balaban J connectivity index is 3.33. The lowest BCUT2D eigenvalue weighted by atomic mass is 10.3. The molecule has 0 bridgehead atoms. The van der Waals surface area contributed by atoms with Crippen LogP contribution in [0.25, 0.3) is 0 Å². The maximum Gasteiger partial charge on any atom is 0.316 e. The monoisotopic (exact) mass is 208 g/mol. The summed E-state index contributed by atoms with van der Waals surface area (Å²) in [6.45, 7) is 2.68. The minimum absolute atomic E-state index is 0.0147. The third kappa shape index (κ3) is 6.86. The standard InChI is InChI=1S/C8H16O4S/c1-2-7(8(10)11)13-6-5-12-4-3-9/h7,9H,2-6H2,1H3,(H,10,11). The van der Waals surface area contributed by atoms with Gasteiger partial charge in [-0.05, 0) is 6.42 Å². The number of carboxylic acid groups (broad SMARTS) is 1. The number of hydrogen-bond acceptors (Lipinski definition) is 4. The fourth-order valence-electron chi connectivity index (χ4n) is 0.780. The van der Waals surface area contributed by atoms with E-state index in [0.29, 0.717) is 25.4 Å². The molecule has 0 aliphatic rings. The van der Waals surface area contributed by atoms with Crippen molar-refractivity contribution in [3.63, 3.8) is 0 Å². The number of thioether (sulfide) groups is 1. The summed E-state index contributed by atoms with van der Waals surface area (Å²) in [4.78, 5) is 10.5. The predicted molar refractivity (Wildman–Crippen MR) is 52.1 cm³/mol. The lowest BCUT2D eigenvalue weighted by molar-refractivity contribution is -0.136. The molecule has 0 amide bonds. The zero-order valence-corrected chi connectivity index (χ0v) is 8.55. The number of ether oxygens (including phenoxy) is 1. The van der Waals surface area contributed by atoms with E-state index in [2.05, 4.69) is 0 Å². The van der Waals surface area contributed by atoms with Crippen molar-refractivity contribution in [1.29, 1.82) is 0 Å². The van der Waals surface area contributed by atoms with Gasteiger partial charge in [0.1, 0.15) is 5.25 Å². The molecular formula is C8H16O4S. The minimum atomic E-state index is -0.769. The van der Waals surface area contributed by atoms with Gasteiger partial charge in [-0.25, -0.2) is 0 Å². The summed E-state index contributed by atoms with van der Waals surface area (Å²) in [7, 11) is 0. The van der Waals surface area contributed by atoms with Crippen LogP contribution in [0.5, 0.6) is 0 Å². The lowest BCUT2D eigenvalue weighted by Crippen LogP contribution is -2.16. The van der Waals surface area contributed by atoms with Gasteiger partial charge >= 0.3 is 5.97 Å². The largest absolute Gasteiger partial charge is 0.480 e. The summed E-state index contributed by atoms with van der Waals surface area (Å²) >= 11 is 1.37. The summed E-state index contributed by atoms with van der Waals surface area (Å²) < 4.78 is 4.99. The molecule has 0 aromatic rings. The second-order valence-corrected chi connectivity index (χ2v) is 3.75. The van der Waals surface area contributed by atoms with E-state index in [1.54, 1.807) is 0 Å². The molecular weight excluding hydrogens is 192 g/mol. The average Bonchev–Trinajstić information content (AvgIpc) is 2.10. The first-order valence-corrected chi connectivity index (χ1v) is 5.30. The van der Waals surface area contributed by atoms with Gasteiger partial charge in [0, 0.05) is 5.75 Å². The van der Waals surface area contributed by atoms with Crippen LogP contribution in [0.4, 0.5) is 0 Å². The molecule has 0 saturated heterocycles. The summed E-state index contributed by atoms with van der Waals surface area (Å²) in [5.74, 6) is -0.111. The zero-order valence-electron chi connectivity index (χ0n) is 7.73. The predicted octanol–water partition coefficient (Wildman–Crippen LogP) is 0.592. The van der Waals surface area contributed by atoms with E-state index in [0.717, 1.165) is 0 Å². The molecule has 0 aromatic heterocycles. The molecule has 0 aliphatic carbocycles. The van der Waals surface area contributed by atoms with Crippen molar-refractivity contribution >= 4 is 17.7 Å². The molecule has 0 aliphatic heterocycles. The number of aliphatic hydroxyl groups is 1. The minimum Gasteiger partial charge on any atom is -0.480 e. The molecule has 0 spiro atoms. The van der Waals surface area contributed by atoms with Gasteiger partial charge in [-0.3, -0.25) is 4.79 Å². The SMILES string of the molecule is CCC(SCCOCCO)C(=O)O. The van der Waals surface area contributed by atoms with E-state index in [1.165, 1.54) is 11.8 Å². The number of aliphatic hydroxyl groups excluding tert-OH is 1. The van der Waals surface area contributed by atoms with Crippen LogP contribution in [0, 0.1) is 0 Å². The van der Waals surface area contributed by atoms with E-state index in [4.69, 9.17) is 14.9 Å². The molecule has 2 N–H and O–H groups in total. The van der Waals surface area contributed by atoms with E-state index < -0.39 is 5.97 Å². The first kappa shape index (κ1) is 12.7. The highest BCUT2D eigenvalue weighted by atomic mass is 32.2. The van der Waals surface area contributed by atoms with Crippen LogP contribution in [-0.4, -0.2) is 47.0 Å². The molecule has 0 saturated carbocycles. The van der Waals surface area contributed by atoms with Gasteiger partial charge in [0.05, 0.1) is 19.8 Å². The van der Waals surface area contributed by atoms with Crippen molar-refractivity contribution in [2.24, 2.45) is 0 Å². The van der Waals surface area contributed by atoms with E-state index in [-0.39, 0.29) is 11.9 Å². The molecule has 4 nitrogen and oxygen atoms in total. The highest BCUT2D eigenvalue weighted by Gasteiger charge is 2.14. The number of carbonyl (C=O) groups is 1. The van der Waals surface area contributed by atoms with Crippen molar-refractivity contribution in [3.8, 4) is 0 Å². The zero-order chi connectivity index (χ0) is 10.1. The Bertz CT molecular complexity index is 140. The van der Waals surface area contributed by atoms with Gasteiger partial charge in [0.15, 0.2) is 0 Å². The molecule has 1 unspecified atom stereocenters. The highest BCUT2D eigenvalue weighted by molar-refractivity contribution is 8.00. The lowest BCUT2D eigenvalue weighted by Gasteiger charge is -2.08. The second kappa shape index (κ2) is 8.34. The first-order chi connectivity index (χ1) is 6.22.